The van der Waals surface area contributed by atoms with Crippen molar-refractivity contribution in [1.29, 1.82) is 0 Å². The van der Waals surface area contributed by atoms with E-state index >= 15 is 0 Å². The van der Waals surface area contributed by atoms with Crippen LogP contribution in [0, 0.1) is 5.92 Å². The number of carboxylic acids is 1. The second-order valence-electron chi connectivity index (χ2n) is 3.15. The monoisotopic (exact) mass is 174 g/mol. The van der Waals surface area contributed by atoms with Crippen molar-refractivity contribution in [1.82, 2.24) is 0 Å². The highest BCUT2D eigenvalue weighted by Crippen LogP contribution is 2.19. The number of hydrogen-bond donors (Lipinski definition) is 2. The first kappa shape index (κ1) is 9.48. The van der Waals surface area contributed by atoms with E-state index in [-0.39, 0.29) is 0 Å². The highest BCUT2D eigenvalue weighted by Gasteiger charge is 2.21. The molecule has 12 heavy (non-hydrogen) atoms. The van der Waals surface area contributed by atoms with Gasteiger partial charge in [-0.2, -0.15) is 0 Å². The van der Waals surface area contributed by atoms with Crippen molar-refractivity contribution < 1.29 is 19.7 Å². The molecule has 1 fully saturated rings. The summed E-state index contributed by atoms with van der Waals surface area (Å²) in [6.45, 7) is 1.38. The molecule has 1 aliphatic heterocycles. The molecule has 1 atom stereocenters. The lowest BCUT2D eigenvalue weighted by atomic mass is 9.94. The van der Waals surface area contributed by atoms with Crippen molar-refractivity contribution in [3.8, 4) is 0 Å². The first-order valence-electron chi connectivity index (χ1n) is 4.18. The maximum atomic E-state index is 10.3. The van der Waals surface area contributed by atoms with E-state index in [0.717, 1.165) is 12.8 Å². The molecule has 4 heteroatoms. The van der Waals surface area contributed by atoms with E-state index in [4.69, 9.17) is 14.9 Å². The predicted molar refractivity (Wildman–Crippen MR) is 41.8 cm³/mol. The molecule has 0 aromatic carbocycles. The molecule has 0 aromatic rings. The molecule has 0 aliphatic carbocycles. The fraction of sp³-hybridized carbons (Fsp3) is 0.875. The average Bonchev–Trinajstić information content (AvgIpc) is 2.06. The highest BCUT2D eigenvalue weighted by molar-refractivity contribution is 5.71. The maximum Gasteiger partial charge on any atom is 0.332 e. The summed E-state index contributed by atoms with van der Waals surface area (Å²) in [5.41, 5.74) is 0. The molecule has 0 saturated carbocycles. The number of ether oxygens (including phenoxy) is 1. The zero-order valence-corrected chi connectivity index (χ0v) is 6.90. The van der Waals surface area contributed by atoms with Gasteiger partial charge in [0.25, 0.3) is 0 Å². The quantitative estimate of drug-likeness (QED) is 0.643. The number of hydrogen-bond acceptors (Lipinski definition) is 3. The van der Waals surface area contributed by atoms with Gasteiger partial charge in [0.15, 0.2) is 6.10 Å². The van der Waals surface area contributed by atoms with Crippen LogP contribution >= 0.6 is 0 Å². The number of rotatable bonds is 3. The van der Waals surface area contributed by atoms with Crippen molar-refractivity contribution in [2.24, 2.45) is 5.92 Å². The molecule has 1 saturated heterocycles. The van der Waals surface area contributed by atoms with E-state index in [1.807, 2.05) is 0 Å². The standard InChI is InChI=1S/C8H14O4/c9-7(8(10)11)5-6-1-3-12-4-2-6/h6-7,9H,1-5H2,(H,10,11). The third-order valence-electron chi connectivity index (χ3n) is 2.18. The van der Waals surface area contributed by atoms with Gasteiger partial charge < -0.3 is 14.9 Å². The Morgan fingerprint density at radius 3 is 2.58 bits per heavy atom. The third-order valence-corrected chi connectivity index (χ3v) is 2.18. The Bertz CT molecular complexity index is 151. The minimum absolute atomic E-state index is 0.310. The van der Waals surface area contributed by atoms with Crippen LogP contribution in [0.1, 0.15) is 19.3 Å². The summed E-state index contributed by atoms with van der Waals surface area (Å²) in [4.78, 5) is 10.3. The molecule has 0 spiro atoms. The minimum atomic E-state index is -1.20. The van der Waals surface area contributed by atoms with E-state index in [2.05, 4.69) is 0 Å². The summed E-state index contributed by atoms with van der Waals surface area (Å²) in [6, 6.07) is 0. The van der Waals surface area contributed by atoms with Crippen LogP contribution < -0.4 is 0 Å². The van der Waals surface area contributed by atoms with Crippen LogP contribution in [0.15, 0.2) is 0 Å². The molecule has 70 valence electrons. The molecule has 0 radical (unpaired) electrons. The van der Waals surface area contributed by atoms with Gasteiger partial charge in [0.05, 0.1) is 0 Å². The number of aliphatic hydroxyl groups is 1. The molecular weight excluding hydrogens is 160 g/mol. The van der Waals surface area contributed by atoms with E-state index in [1.165, 1.54) is 0 Å². The smallest absolute Gasteiger partial charge is 0.332 e. The summed E-state index contributed by atoms with van der Waals surface area (Å²) in [6.07, 6.45) is 0.890. The van der Waals surface area contributed by atoms with E-state index in [9.17, 15) is 4.79 Å². The molecule has 2 N–H and O–H groups in total. The summed E-state index contributed by atoms with van der Waals surface area (Å²) in [7, 11) is 0. The lowest BCUT2D eigenvalue weighted by molar-refractivity contribution is -0.147. The Morgan fingerprint density at radius 2 is 2.08 bits per heavy atom. The number of aliphatic carboxylic acids is 1. The Morgan fingerprint density at radius 1 is 1.50 bits per heavy atom. The van der Waals surface area contributed by atoms with Crippen LogP contribution in [-0.2, 0) is 9.53 Å². The first-order chi connectivity index (χ1) is 5.70. The van der Waals surface area contributed by atoms with Crippen molar-refractivity contribution in [3.63, 3.8) is 0 Å². The van der Waals surface area contributed by atoms with E-state index in [0.29, 0.717) is 25.6 Å². The minimum Gasteiger partial charge on any atom is -0.479 e. The zero-order valence-electron chi connectivity index (χ0n) is 6.90. The van der Waals surface area contributed by atoms with Gasteiger partial charge in [-0.05, 0) is 25.2 Å². The molecule has 0 amide bonds. The van der Waals surface area contributed by atoms with Crippen molar-refractivity contribution >= 4 is 5.97 Å². The van der Waals surface area contributed by atoms with Gasteiger partial charge >= 0.3 is 5.97 Å². The summed E-state index contributed by atoms with van der Waals surface area (Å²) >= 11 is 0. The zero-order chi connectivity index (χ0) is 8.97. The van der Waals surface area contributed by atoms with Crippen molar-refractivity contribution in [3.05, 3.63) is 0 Å². The normalized spacial score (nSPS) is 22.1. The lowest BCUT2D eigenvalue weighted by Crippen LogP contribution is -2.26. The molecule has 1 rings (SSSR count). The van der Waals surface area contributed by atoms with Crippen LogP contribution in [0.3, 0.4) is 0 Å². The van der Waals surface area contributed by atoms with Gasteiger partial charge in [-0.15, -0.1) is 0 Å². The fourth-order valence-electron chi connectivity index (χ4n) is 1.40. The van der Waals surface area contributed by atoms with Gasteiger partial charge in [0.1, 0.15) is 0 Å². The van der Waals surface area contributed by atoms with Gasteiger partial charge in [0, 0.05) is 13.2 Å². The Balaban J connectivity index is 2.24. The molecule has 4 nitrogen and oxygen atoms in total. The molecular formula is C8H14O4. The largest absolute Gasteiger partial charge is 0.479 e. The predicted octanol–water partition coefficient (Wildman–Crippen LogP) is 0.249. The van der Waals surface area contributed by atoms with Crippen LogP contribution in [-0.4, -0.2) is 35.5 Å². The summed E-state index contributed by atoms with van der Waals surface area (Å²) < 4.78 is 5.11. The SMILES string of the molecule is O=C(O)C(O)CC1CCOCC1. The second kappa shape index (κ2) is 4.42. The molecule has 1 aliphatic rings. The number of aliphatic hydroxyl groups excluding tert-OH is 1. The number of carbonyl (C=O) groups is 1. The molecule has 1 heterocycles. The van der Waals surface area contributed by atoms with Gasteiger partial charge in [0.2, 0.25) is 0 Å². The average molecular weight is 174 g/mol. The topological polar surface area (TPSA) is 66.8 Å². The van der Waals surface area contributed by atoms with E-state index in [1.54, 1.807) is 0 Å². The molecule has 0 aromatic heterocycles. The van der Waals surface area contributed by atoms with Crippen molar-refractivity contribution in [2.75, 3.05) is 13.2 Å². The van der Waals surface area contributed by atoms with Crippen LogP contribution in [0.5, 0.6) is 0 Å². The Hall–Kier alpha value is -0.610. The lowest BCUT2D eigenvalue weighted by Gasteiger charge is -2.22. The van der Waals surface area contributed by atoms with Crippen LogP contribution in [0.25, 0.3) is 0 Å². The van der Waals surface area contributed by atoms with Crippen LogP contribution in [0.4, 0.5) is 0 Å². The first-order valence-corrected chi connectivity index (χ1v) is 4.18. The summed E-state index contributed by atoms with van der Waals surface area (Å²) in [5, 5.41) is 17.5. The van der Waals surface area contributed by atoms with Crippen LogP contribution in [0.2, 0.25) is 0 Å². The third kappa shape index (κ3) is 2.79. The summed E-state index contributed by atoms with van der Waals surface area (Å²) in [5.74, 6) is -0.814. The second-order valence-corrected chi connectivity index (χ2v) is 3.15. The highest BCUT2D eigenvalue weighted by atomic mass is 16.5. The van der Waals surface area contributed by atoms with Crippen molar-refractivity contribution in [2.45, 2.75) is 25.4 Å². The Labute approximate surface area is 71.2 Å². The van der Waals surface area contributed by atoms with Gasteiger partial charge in [-0.1, -0.05) is 0 Å². The van der Waals surface area contributed by atoms with Gasteiger partial charge in [-0.25, -0.2) is 4.79 Å². The maximum absolute atomic E-state index is 10.3. The molecule has 0 bridgehead atoms. The molecule has 1 unspecified atom stereocenters. The Kier molecular flexibility index (Phi) is 3.49. The van der Waals surface area contributed by atoms with E-state index < -0.39 is 12.1 Å². The number of carboxylic acid groups (broad SMARTS) is 1. The van der Waals surface area contributed by atoms with Gasteiger partial charge in [-0.3, -0.25) is 0 Å². The fourth-order valence-corrected chi connectivity index (χ4v) is 1.40.